The number of amides is 1. The molecule has 2 N–H and O–H groups in total. The van der Waals surface area contributed by atoms with Gasteiger partial charge in [0.15, 0.2) is 0 Å². The van der Waals surface area contributed by atoms with E-state index < -0.39 is 29.4 Å². The maximum Gasteiger partial charge on any atom is 0.327 e. The van der Waals surface area contributed by atoms with Crippen LogP contribution in [0, 0.1) is 0 Å². The van der Waals surface area contributed by atoms with Gasteiger partial charge in [0.1, 0.15) is 11.7 Å². The topological polar surface area (TPSA) is 88.4 Å². The number of rotatable bonds is 9. The first-order valence-electron chi connectivity index (χ1n) is 13.7. The smallest absolute Gasteiger partial charge is 0.327 e. The van der Waals surface area contributed by atoms with Crippen LogP contribution < -0.4 is 10.9 Å². The van der Waals surface area contributed by atoms with E-state index in [1.165, 1.54) is 36.5 Å². The summed E-state index contributed by atoms with van der Waals surface area (Å²) < 4.78 is 28.8. The molecule has 0 aliphatic carbocycles. The fourth-order valence-corrected chi connectivity index (χ4v) is 4.95. The second kappa shape index (κ2) is 12.7. The average Bonchev–Trinajstić information content (AvgIpc) is 3.02. The van der Waals surface area contributed by atoms with Crippen LogP contribution in [0.25, 0.3) is 22.3 Å². The molecule has 1 heterocycles. The van der Waals surface area contributed by atoms with Crippen LogP contribution in [0.1, 0.15) is 34.5 Å². The first-order valence-corrected chi connectivity index (χ1v) is 14.1. The monoisotopic (exact) mass is 612 g/mol. The number of hydrogen-bond donors (Lipinski definition) is 2. The number of pyridine rings is 1. The van der Waals surface area contributed by atoms with E-state index in [0.29, 0.717) is 21.7 Å². The summed E-state index contributed by atoms with van der Waals surface area (Å²) in [5.41, 5.74) is 2.49. The van der Waals surface area contributed by atoms with Gasteiger partial charge in [-0.2, -0.15) is 0 Å². The number of aromatic nitrogens is 1. The van der Waals surface area contributed by atoms with Crippen LogP contribution in [0.2, 0.25) is 5.02 Å². The van der Waals surface area contributed by atoms with Gasteiger partial charge in [0, 0.05) is 41.3 Å². The Kier molecular flexibility index (Phi) is 8.73. The maximum absolute atomic E-state index is 13.9. The number of nitrogens with zero attached hydrogens (tertiary/aromatic N) is 1. The summed E-state index contributed by atoms with van der Waals surface area (Å²) in [5.74, 6) is -4.90. The molecule has 5 aromatic rings. The molecule has 0 saturated carbocycles. The summed E-state index contributed by atoms with van der Waals surface area (Å²) in [5, 5.41) is 13.3. The minimum Gasteiger partial charge on any atom is -0.480 e. The van der Waals surface area contributed by atoms with Crippen molar-refractivity contribution in [3.8, 4) is 22.3 Å². The van der Waals surface area contributed by atoms with Crippen LogP contribution >= 0.6 is 11.6 Å². The fourth-order valence-electron chi connectivity index (χ4n) is 4.82. The van der Waals surface area contributed by atoms with E-state index in [4.69, 9.17) is 11.6 Å². The molecule has 5 rings (SSSR count). The Morgan fingerprint density at radius 3 is 2.00 bits per heavy atom. The van der Waals surface area contributed by atoms with Gasteiger partial charge in [0.05, 0.1) is 0 Å². The number of halogens is 3. The Morgan fingerprint density at radius 1 is 0.841 bits per heavy atom. The quantitative estimate of drug-likeness (QED) is 0.176. The minimum absolute atomic E-state index is 0.0504. The summed E-state index contributed by atoms with van der Waals surface area (Å²) in [4.78, 5) is 39.5. The Labute approximate surface area is 257 Å². The molecule has 6 nitrogen and oxygen atoms in total. The molecular weight excluding hydrogens is 586 g/mol. The van der Waals surface area contributed by atoms with Gasteiger partial charge in [0.25, 0.3) is 17.4 Å². The van der Waals surface area contributed by atoms with Gasteiger partial charge >= 0.3 is 5.97 Å². The molecule has 4 aromatic carbocycles. The third-order valence-corrected chi connectivity index (χ3v) is 7.49. The molecule has 1 atom stereocenters. The number of benzene rings is 4. The third-order valence-electron chi connectivity index (χ3n) is 7.23. The Bertz CT molecular complexity index is 1850. The van der Waals surface area contributed by atoms with E-state index in [-0.39, 0.29) is 23.2 Å². The largest absolute Gasteiger partial charge is 0.480 e. The molecule has 222 valence electrons. The first-order chi connectivity index (χ1) is 21.0. The summed E-state index contributed by atoms with van der Waals surface area (Å²) in [7, 11) is 0. The maximum atomic E-state index is 13.9. The van der Waals surface area contributed by atoms with Crippen molar-refractivity contribution in [3.05, 3.63) is 147 Å². The van der Waals surface area contributed by atoms with E-state index in [9.17, 15) is 28.3 Å². The van der Waals surface area contributed by atoms with Crippen molar-refractivity contribution in [2.45, 2.75) is 25.3 Å². The van der Waals surface area contributed by atoms with Crippen molar-refractivity contribution in [1.29, 1.82) is 0 Å². The molecule has 0 fully saturated rings. The zero-order chi connectivity index (χ0) is 31.4. The van der Waals surface area contributed by atoms with Crippen molar-refractivity contribution >= 4 is 29.2 Å². The minimum atomic E-state index is -3.06. The highest BCUT2D eigenvalue weighted by Gasteiger charge is 2.26. The summed E-state index contributed by atoms with van der Waals surface area (Å²) in [6, 6.07) is 28.5. The van der Waals surface area contributed by atoms with Crippen LogP contribution in [-0.2, 0) is 17.1 Å². The number of hydrogen-bond acceptors (Lipinski definition) is 3. The standard InChI is InChI=1S/C35H27ClF2N2O4/c1-35(37,38)28-15-13-25(14-16-28)27-20-30(39-32(41)26-11-9-24(10-12-26)23-5-3-2-4-6-23)33(42)40(21-27)31(34(43)44)19-22-7-17-29(36)18-8-22/h2-18,20-21,31H,19H2,1H3,(H,39,41)(H,43,44). The van der Waals surface area contributed by atoms with Gasteiger partial charge in [-0.25, -0.2) is 13.6 Å². The van der Waals surface area contributed by atoms with Gasteiger partial charge in [-0.05, 0) is 52.6 Å². The third kappa shape index (κ3) is 6.93. The predicted molar refractivity (Wildman–Crippen MR) is 167 cm³/mol. The molecule has 44 heavy (non-hydrogen) atoms. The molecule has 1 amide bonds. The second-order valence-electron chi connectivity index (χ2n) is 10.4. The lowest BCUT2D eigenvalue weighted by atomic mass is 10.0. The lowest BCUT2D eigenvalue weighted by molar-refractivity contribution is -0.141. The van der Waals surface area contributed by atoms with Crippen molar-refractivity contribution in [3.63, 3.8) is 0 Å². The number of carbonyl (C=O) groups excluding carboxylic acids is 1. The van der Waals surface area contributed by atoms with Gasteiger partial charge in [-0.3, -0.25) is 14.2 Å². The van der Waals surface area contributed by atoms with Gasteiger partial charge in [-0.1, -0.05) is 90.5 Å². The van der Waals surface area contributed by atoms with Crippen molar-refractivity contribution in [2.75, 3.05) is 5.32 Å². The highest BCUT2D eigenvalue weighted by atomic mass is 35.5. The van der Waals surface area contributed by atoms with Gasteiger partial charge < -0.3 is 10.4 Å². The van der Waals surface area contributed by atoms with Crippen LogP contribution in [0.5, 0.6) is 0 Å². The number of carboxylic acid groups (broad SMARTS) is 1. The molecule has 0 saturated heterocycles. The Hall–Kier alpha value is -5.08. The highest BCUT2D eigenvalue weighted by molar-refractivity contribution is 6.30. The molecule has 1 aromatic heterocycles. The lowest BCUT2D eigenvalue weighted by Crippen LogP contribution is -2.33. The molecule has 0 aliphatic rings. The number of alkyl halides is 2. The summed E-state index contributed by atoms with van der Waals surface area (Å²) in [6.45, 7) is 0.788. The lowest BCUT2D eigenvalue weighted by Gasteiger charge is -2.19. The van der Waals surface area contributed by atoms with Crippen molar-refractivity contribution in [2.24, 2.45) is 0 Å². The van der Waals surface area contributed by atoms with E-state index in [2.05, 4.69) is 5.32 Å². The molecule has 0 spiro atoms. The molecule has 9 heteroatoms. The van der Waals surface area contributed by atoms with E-state index in [0.717, 1.165) is 22.6 Å². The summed E-state index contributed by atoms with van der Waals surface area (Å²) in [6.07, 6.45) is 1.31. The normalized spacial score (nSPS) is 12.0. The molecule has 0 aliphatic heterocycles. The zero-order valence-corrected chi connectivity index (χ0v) is 24.3. The number of carboxylic acids is 1. The highest BCUT2D eigenvalue weighted by Crippen LogP contribution is 2.30. The van der Waals surface area contributed by atoms with Crippen molar-refractivity contribution < 1.29 is 23.5 Å². The second-order valence-corrected chi connectivity index (χ2v) is 10.8. The van der Waals surface area contributed by atoms with E-state index in [1.54, 1.807) is 48.5 Å². The number of nitrogens with one attached hydrogen (secondary N) is 1. The Morgan fingerprint density at radius 2 is 1.41 bits per heavy atom. The Balaban J connectivity index is 1.54. The molecule has 1 unspecified atom stereocenters. The molecule has 0 radical (unpaired) electrons. The molecule has 0 bridgehead atoms. The average molecular weight is 613 g/mol. The molecular formula is C35H27ClF2N2O4. The number of anilines is 1. The summed E-state index contributed by atoms with van der Waals surface area (Å²) >= 11 is 5.98. The van der Waals surface area contributed by atoms with Crippen LogP contribution in [0.15, 0.2) is 120 Å². The van der Waals surface area contributed by atoms with Crippen LogP contribution in [0.3, 0.4) is 0 Å². The predicted octanol–water partition coefficient (Wildman–Crippen LogP) is 8.07. The van der Waals surface area contributed by atoms with E-state index >= 15 is 0 Å². The van der Waals surface area contributed by atoms with Gasteiger partial charge in [0.2, 0.25) is 0 Å². The van der Waals surface area contributed by atoms with Crippen LogP contribution in [-0.4, -0.2) is 21.6 Å². The number of carbonyl (C=O) groups is 2. The zero-order valence-electron chi connectivity index (χ0n) is 23.5. The fraction of sp³-hybridized carbons (Fsp3) is 0.114. The van der Waals surface area contributed by atoms with E-state index in [1.807, 2.05) is 30.3 Å². The van der Waals surface area contributed by atoms with Crippen molar-refractivity contribution in [1.82, 2.24) is 4.57 Å². The SMILES string of the molecule is CC(F)(F)c1ccc(-c2cc(NC(=O)c3ccc(-c4ccccc4)cc3)c(=O)n(C(Cc3ccc(Cl)cc3)C(=O)O)c2)cc1. The number of aliphatic carboxylic acids is 1. The van der Waals surface area contributed by atoms with Crippen LogP contribution in [0.4, 0.5) is 14.5 Å². The van der Waals surface area contributed by atoms with Gasteiger partial charge in [-0.15, -0.1) is 0 Å². The first kappa shape index (κ1) is 30.4.